The fourth-order valence-corrected chi connectivity index (χ4v) is 4.10. The molecule has 1 aliphatic carbocycles. The van der Waals surface area contributed by atoms with Gasteiger partial charge in [-0.15, -0.1) is 40.8 Å². The van der Waals surface area contributed by atoms with Crippen molar-refractivity contribution in [3.63, 3.8) is 0 Å². The second kappa shape index (κ2) is 9.87. The summed E-state index contributed by atoms with van der Waals surface area (Å²) in [5.74, 6) is 0. The van der Waals surface area contributed by atoms with Crippen LogP contribution in [0, 0.1) is 6.07 Å². The van der Waals surface area contributed by atoms with Gasteiger partial charge < -0.3 is 0 Å². The zero-order chi connectivity index (χ0) is 23.5. The smallest absolute Gasteiger partial charge is 0.0809 e. The van der Waals surface area contributed by atoms with Crippen molar-refractivity contribution < 1.29 is 23.9 Å². The Hall–Kier alpha value is -1.99. The standard InChI is InChI=1S/C21H25.C9H7.CH2.Hf/c1-20(2,3)16-7-9-18-14(12-16)11-15-13-17(21(4,5)6)8-10-19(15)18;1-2-5-9-7-3-6-8(9)4-1;;/h7-10,12H,11H2,1-6H3;1-7H;1H2;/q2*-1;;+2. The van der Waals surface area contributed by atoms with Gasteiger partial charge in [0.15, 0.2) is 0 Å². The van der Waals surface area contributed by atoms with Gasteiger partial charge in [-0.05, 0) is 28.4 Å². The molecule has 0 saturated heterocycles. The molecule has 0 amide bonds. The van der Waals surface area contributed by atoms with Crippen molar-refractivity contribution in [1.29, 1.82) is 0 Å². The molecule has 162 valence electrons. The molecule has 0 spiro atoms. The average Bonchev–Trinajstić information content (AvgIpc) is 3.37. The van der Waals surface area contributed by atoms with Crippen molar-refractivity contribution in [3.05, 3.63) is 101 Å². The third-order valence-electron chi connectivity index (χ3n) is 6.01. The molecule has 4 aromatic rings. The van der Waals surface area contributed by atoms with Gasteiger partial charge in [-0.1, -0.05) is 71.4 Å². The third-order valence-corrected chi connectivity index (χ3v) is 6.01. The molecule has 5 rings (SSSR count). The Morgan fingerprint density at radius 1 is 0.812 bits per heavy atom. The second-order valence-electron chi connectivity index (χ2n) is 10.5. The molecule has 0 nitrogen and oxygen atoms in total. The van der Waals surface area contributed by atoms with Gasteiger partial charge in [-0.3, -0.25) is 0 Å². The first-order chi connectivity index (χ1) is 15.1. The van der Waals surface area contributed by atoms with Crippen molar-refractivity contribution in [1.82, 2.24) is 0 Å². The van der Waals surface area contributed by atoms with E-state index in [0.29, 0.717) is 0 Å². The van der Waals surface area contributed by atoms with E-state index in [2.05, 4.69) is 125 Å². The largest absolute Gasteiger partial charge is 0.168 e. The van der Waals surface area contributed by atoms with Gasteiger partial charge in [0.05, 0.1) is 0 Å². The molecule has 1 heteroatoms. The van der Waals surface area contributed by atoms with E-state index < -0.39 is 0 Å². The zero-order valence-corrected chi connectivity index (χ0v) is 23.9. The van der Waals surface area contributed by atoms with Crippen LogP contribution in [-0.2, 0) is 41.1 Å². The fraction of sp³-hybridized carbons (Fsp3) is 0.290. The summed E-state index contributed by atoms with van der Waals surface area (Å²) in [5.41, 5.74) is 8.70. The molecular weight excluding hydrogens is 551 g/mol. The normalized spacial score (nSPS) is 12.2. The van der Waals surface area contributed by atoms with E-state index >= 15 is 0 Å². The van der Waals surface area contributed by atoms with Gasteiger partial charge in [-0.25, -0.2) is 0 Å². The molecule has 0 heterocycles. The van der Waals surface area contributed by atoms with E-state index in [1.807, 2.05) is 0 Å². The van der Waals surface area contributed by atoms with Crippen LogP contribution in [0.25, 0.3) is 21.9 Å². The number of rotatable bonds is 0. The van der Waals surface area contributed by atoms with Crippen LogP contribution in [0.5, 0.6) is 0 Å². The van der Waals surface area contributed by atoms with Crippen molar-refractivity contribution in [2.24, 2.45) is 0 Å². The first kappa shape index (κ1) is 24.6. The molecule has 32 heavy (non-hydrogen) atoms. The van der Waals surface area contributed by atoms with Gasteiger partial charge in [0.2, 0.25) is 0 Å². The van der Waals surface area contributed by atoms with Crippen LogP contribution in [0.4, 0.5) is 0 Å². The maximum Gasteiger partial charge on any atom is -0.0809 e. The molecule has 0 radical (unpaired) electrons. The Kier molecular flexibility index (Phi) is 7.61. The first-order valence-corrected chi connectivity index (χ1v) is 13.8. The van der Waals surface area contributed by atoms with Gasteiger partial charge in [0.1, 0.15) is 0 Å². The quantitative estimate of drug-likeness (QED) is 0.127. The van der Waals surface area contributed by atoms with Crippen LogP contribution in [-0.4, -0.2) is 4.26 Å². The number of hydrogen-bond donors (Lipinski definition) is 0. The summed E-state index contributed by atoms with van der Waals surface area (Å²) >= 11 is 1.06. The number of fused-ring (bicyclic) bond motifs is 4. The summed E-state index contributed by atoms with van der Waals surface area (Å²) in [6.45, 7) is 13.6. The minimum atomic E-state index is 0.167. The maximum atomic E-state index is 3.67. The minimum absolute atomic E-state index is 0.167. The third kappa shape index (κ3) is 5.49. The molecule has 0 fully saturated rings. The molecule has 4 aromatic carbocycles. The average molecular weight is 585 g/mol. The van der Waals surface area contributed by atoms with Crippen LogP contribution in [0.15, 0.2) is 72.8 Å². The predicted octanol–water partition coefficient (Wildman–Crippen LogP) is 8.18. The van der Waals surface area contributed by atoms with Gasteiger partial charge in [-0.2, -0.15) is 41.3 Å². The Morgan fingerprint density at radius 3 is 2.16 bits per heavy atom. The molecule has 0 aliphatic heterocycles. The van der Waals surface area contributed by atoms with E-state index in [4.69, 9.17) is 0 Å². The summed E-state index contributed by atoms with van der Waals surface area (Å²) in [6.07, 6.45) is 1.03. The van der Waals surface area contributed by atoms with E-state index in [0.717, 1.165) is 30.3 Å². The van der Waals surface area contributed by atoms with Crippen LogP contribution < -0.4 is 0 Å². The van der Waals surface area contributed by atoms with Crippen molar-refractivity contribution >= 4 is 15.0 Å². The van der Waals surface area contributed by atoms with E-state index in [-0.39, 0.29) is 10.8 Å². The molecular formula is C31H34Hf. The molecule has 0 N–H and O–H groups in total. The Balaban J connectivity index is 0.000000218. The van der Waals surface area contributed by atoms with Crippen LogP contribution in [0.1, 0.15) is 63.8 Å². The number of hydrogen-bond acceptors (Lipinski definition) is 0. The van der Waals surface area contributed by atoms with Crippen molar-refractivity contribution in [2.45, 2.75) is 58.8 Å². The van der Waals surface area contributed by atoms with Crippen molar-refractivity contribution in [2.75, 3.05) is 0 Å². The van der Waals surface area contributed by atoms with Crippen LogP contribution >= 0.6 is 0 Å². The van der Waals surface area contributed by atoms with Gasteiger partial charge in [0, 0.05) is 0 Å². The summed E-state index contributed by atoms with van der Waals surface area (Å²) in [5, 5.41) is 2.66. The summed E-state index contributed by atoms with van der Waals surface area (Å²) < 4.78 is 3.39. The molecule has 1 aliphatic rings. The van der Waals surface area contributed by atoms with Crippen LogP contribution in [0.2, 0.25) is 0 Å². The maximum absolute atomic E-state index is 3.67. The van der Waals surface area contributed by atoms with E-state index in [1.54, 1.807) is 0 Å². The Bertz CT molecular complexity index is 1100. The number of benzene rings is 3. The predicted molar refractivity (Wildman–Crippen MR) is 138 cm³/mol. The first-order valence-electron chi connectivity index (χ1n) is 11.3. The van der Waals surface area contributed by atoms with Gasteiger partial charge in [0.25, 0.3) is 0 Å². The van der Waals surface area contributed by atoms with E-state index in [1.165, 1.54) is 44.2 Å². The molecule has 0 unspecified atom stereocenters. The monoisotopic (exact) mass is 586 g/mol. The summed E-state index contributed by atoms with van der Waals surface area (Å²) in [6, 6.07) is 29.8. The molecule has 0 aromatic heterocycles. The molecule has 0 atom stereocenters. The minimum Gasteiger partial charge on any atom is -0.168 e. The Labute approximate surface area is 209 Å². The summed E-state index contributed by atoms with van der Waals surface area (Å²) in [7, 11) is 0. The van der Waals surface area contributed by atoms with Crippen LogP contribution in [0.3, 0.4) is 0 Å². The van der Waals surface area contributed by atoms with Crippen molar-refractivity contribution in [3.8, 4) is 11.1 Å². The zero-order valence-electron chi connectivity index (χ0n) is 20.3. The Morgan fingerprint density at radius 2 is 1.50 bits per heavy atom. The second-order valence-corrected chi connectivity index (χ2v) is 10.5. The SMILES string of the molecule is CC(C)(C)c1[c-]c2c(cc1)-c1ccc(C(C)(C)C)cc1C2.[CH2]=[Hf+2].c1ccc2[cH-]ccc2c1. The fourth-order valence-electron chi connectivity index (χ4n) is 4.10. The topological polar surface area (TPSA) is 0 Å². The molecule has 0 saturated carbocycles. The molecule has 0 bridgehead atoms. The van der Waals surface area contributed by atoms with Gasteiger partial charge >= 0.3 is 28.2 Å². The summed E-state index contributed by atoms with van der Waals surface area (Å²) in [4.78, 5) is 0. The van der Waals surface area contributed by atoms with E-state index in [9.17, 15) is 0 Å².